The van der Waals surface area contributed by atoms with Crippen molar-refractivity contribution in [2.75, 3.05) is 4.72 Å². The van der Waals surface area contributed by atoms with E-state index in [4.69, 9.17) is 5.73 Å². The van der Waals surface area contributed by atoms with E-state index >= 15 is 0 Å². The first-order chi connectivity index (χ1) is 7.62. The van der Waals surface area contributed by atoms with Crippen LogP contribution in [0.5, 0.6) is 0 Å². The first kappa shape index (κ1) is 11.1. The van der Waals surface area contributed by atoms with Gasteiger partial charge in [-0.1, -0.05) is 5.16 Å². The molecule has 2 aromatic heterocycles. The summed E-state index contributed by atoms with van der Waals surface area (Å²) in [5.41, 5.74) is 5.41. The Morgan fingerprint density at radius 1 is 1.44 bits per heavy atom. The number of anilines is 1. The zero-order chi connectivity index (χ0) is 11.6. The minimum Gasteiger partial charge on any atom is -0.363 e. The first-order valence-corrected chi connectivity index (χ1v) is 6.64. The molecule has 0 aliphatic heterocycles. The molecule has 0 radical (unpaired) electrons. The number of nitrogens with one attached hydrogen (secondary N) is 1. The van der Waals surface area contributed by atoms with Crippen LogP contribution in [0.25, 0.3) is 0 Å². The average molecular weight is 259 g/mol. The highest BCUT2D eigenvalue weighted by Crippen LogP contribution is 2.23. The molecule has 0 aromatic carbocycles. The largest absolute Gasteiger partial charge is 0.363 e. The predicted octanol–water partition coefficient (Wildman–Crippen LogP) is 0.996. The van der Waals surface area contributed by atoms with E-state index < -0.39 is 10.0 Å². The minimum absolute atomic E-state index is 0.155. The Labute approximate surface area is 96.1 Å². The fourth-order valence-corrected chi connectivity index (χ4v) is 3.29. The van der Waals surface area contributed by atoms with Crippen molar-refractivity contribution in [2.24, 2.45) is 5.73 Å². The molecule has 3 N–H and O–H groups in total. The monoisotopic (exact) mass is 259 g/mol. The molecule has 16 heavy (non-hydrogen) atoms. The van der Waals surface area contributed by atoms with Crippen LogP contribution in [0.1, 0.15) is 4.88 Å². The molecular weight excluding hydrogens is 250 g/mol. The number of thiophene rings is 1. The van der Waals surface area contributed by atoms with E-state index in [0.717, 1.165) is 16.2 Å². The van der Waals surface area contributed by atoms with Crippen molar-refractivity contribution in [1.29, 1.82) is 0 Å². The molecule has 0 amide bonds. The number of nitrogens with two attached hydrogens (primary N) is 1. The molecule has 0 atom stereocenters. The molecule has 0 saturated carbocycles. The number of hydrogen-bond acceptors (Lipinski definition) is 6. The first-order valence-electron chi connectivity index (χ1n) is 4.34. The standard InChI is InChI=1S/C8H9N3O3S2/c9-5-6-1-2-8(15-6)16(12,13)11-7-3-4-14-10-7/h1-4H,5,9H2,(H,10,11). The van der Waals surface area contributed by atoms with Gasteiger partial charge in [0.05, 0.1) is 0 Å². The maximum absolute atomic E-state index is 11.8. The molecule has 8 heteroatoms. The summed E-state index contributed by atoms with van der Waals surface area (Å²) in [5.74, 6) is 0.155. The second-order valence-corrected chi connectivity index (χ2v) is 5.99. The molecular formula is C8H9N3O3S2. The molecule has 2 heterocycles. The van der Waals surface area contributed by atoms with Gasteiger partial charge in [-0.05, 0) is 12.1 Å². The van der Waals surface area contributed by atoms with E-state index in [2.05, 4.69) is 14.4 Å². The van der Waals surface area contributed by atoms with Crippen LogP contribution in [-0.4, -0.2) is 13.6 Å². The summed E-state index contributed by atoms with van der Waals surface area (Å²) < 4.78 is 30.6. The van der Waals surface area contributed by atoms with Gasteiger partial charge in [0.15, 0.2) is 5.82 Å². The van der Waals surface area contributed by atoms with Gasteiger partial charge in [-0.25, -0.2) is 8.42 Å². The Bertz CT molecular complexity index is 559. The van der Waals surface area contributed by atoms with Gasteiger partial charge >= 0.3 is 0 Å². The molecule has 0 aliphatic rings. The smallest absolute Gasteiger partial charge is 0.272 e. The minimum atomic E-state index is -3.58. The number of sulfonamides is 1. The van der Waals surface area contributed by atoms with Gasteiger partial charge in [-0.3, -0.25) is 4.72 Å². The van der Waals surface area contributed by atoms with Crippen LogP contribution in [-0.2, 0) is 16.6 Å². The van der Waals surface area contributed by atoms with Gasteiger partial charge in [0.25, 0.3) is 10.0 Å². The predicted molar refractivity (Wildman–Crippen MR) is 59.5 cm³/mol. The lowest BCUT2D eigenvalue weighted by Gasteiger charge is -2.00. The van der Waals surface area contributed by atoms with Crippen LogP contribution >= 0.6 is 11.3 Å². The average Bonchev–Trinajstić information content (AvgIpc) is 2.85. The number of aromatic nitrogens is 1. The van der Waals surface area contributed by atoms with Crippen LogP contribution < -0.4 is 10.5 Å². The SMILES string of the molecule is NCc1ccc(S(=O)(=O)Nc2ccon2)s1. The number of hydrogen-bond donors (Lipinski definition) is 2. The topological polar surface area (TPSA) is 98.2 Å². The van der Waals surface area contributed by atoms with E-state index in [1.807, 2.05) is 0 Å². The summed E-state index contributed by atoms with van der Waals surface area (Å²) in [6, 6.07) is 4.62. The second-order valence-electron chi connectivity index (χ2n) is 2.92. The molecule has 0 aliphatic carbocycles. The van der Waals surface area contributed by atoms with Crippen molar-refractivity contribution in [3.63, 3.8) is 0 Å². The van der Waals surface area contributed by atoms with Crippen molar-refractivity contribution in [1.82, 2.24) is 5.16 Å². The van der Waals surface area contributed by atoms with Crippen LogP contribution in [0.15, 0.2) is 33.2 Å². The molecule has 0 bridgehead atoms. The van der Waals surface area contributed by atoms with Gasteiger partial charge in [-0.2, -0.15) is 0 Å². The molecule has 0 spiro atoms. The summed E-state index contributed by atoms with van der Waals surface area (Å²) in [6.45, 7) is 0.324. The number of rotatable bonds is 4. The summed E-state index contributed by atoms with van der Waals surface area (Å²) in [5, 5.41) is 3.47. The number of nitrogens with zero attached hydrogens (tertiary/aromatic N) is 1. The zero-order valence-electron chi connectivity index (χ0n) is 8.08. The summed E-state index contributed by atoms with van der Waals surface area (Å²) in [4.78, 5) is 0.806. The molecule has 0 fully saturated rings. The fourth-order valence-electron chi connectivity index (χ4n) is 1.07. The highest BCUT2D eigenvalue weighted by atomic mass is 32.2. The molecule has 86 valence electrons. The van der Waals surface area contributed by atoms with E-state index in [9.17, 15) is 8.42 Å². The third kappa shape index (κ3) is 2.23. The Kier molecular flexibility index (Phi) is 2.95. The van der Waals surface area contributed by atoms with Crippen LogP contribution in [0.3, 0.4) is 0 Å². The van der Waals surface area contributed by atoms with Gasteiger partial charge in [-0.15, -0.1) is 11.3 Å². The quantitative estimate of drug-likeness (QED) is 0.853. The van der Waals surface area contributed by atoms with Gasteiger partial charge in [0.1, 0.15) is 10.5 Å². The highest BCUT2D eigenvalue weighted by molar-refractivity contribution is 7.94. The molecule has 2 rings (SSSR count). The van der Waals surface area contributed by atoms with Crippen molar-refractivity contribution in [2.45, 2.75) is 10.8 Å². The fraction of sp³-hybridized carbons (Fsp3) is 0.125. The Morgan fingerprint density at radius 3 is 2.81 bits per heavy atom. The van der Waals surface area contributed by atoms with Gasteiger partial charge in [0, 0.05) is 17.5 Å². The maximum Gasteiger partial charge on any atom is 0.272 e. The van der Waals surface area contributed by atoms with Gasteiger partial charge < -0.3 is 10.3 Å². The third-order valence-corrected chi connectivity index (χ3v) is 4.73. The highest BCUT2D eigenvalue weighted by Gasteiger charge is 2.17. The molecule has 6 nitrogen and oxygen atoms in total. The summed E-state index contributed by atoms with van der Waals surface area (Å²) in [6.07, 6.45) is 1.29. The third-order valence-electron chi connectivity index (χ3n) is 1.78. The Hall–Kier alpha value is -1.38. The van der Waals surface area contributed by atoms with Crippen molar-refractivity contribution >= 4 is 27.2 Å². The van der Waals surface area contributed by atoms with E-state index in [1.54, 1.807) is 6.07 Å². The lowest BCUT2D eigenvalue weighted by Crippen LogP contribution is -2.11. The van der Waals surface area contributed by atoms with E-state index in [-0.39, 0.29) is 10.0 Å². The van der Waals surface area contributed by atoms with Crippen molar-refractivity contribution in [3.8, 4) is 0 Å². The maximum atomic E-state index is 11.8. The van der Waals surface area contributed by atoms with Crippen LogP contribution in [0.4, 0.5) is 5.82 Å². The Morgan fingerprint density at radius 2 is 2.25 bits per heavy atom. The van der Waals surface area contributed by atoms with Crippen LogP contribution in [0, 0.1) is 0 Å². The van der Waals surface area contributed by atoms with Crippen molar-refractivity contribution in [3.05, 3.63) is 29.3 Å². The lowest BCUT2D eigenvalue weighted by atomic mass is 10.5. The van der Waals surface area contributed by atoms with Crippen molar-refractivity contribution < 1.29 is 12.9 Å². The Balaban J connectivity index is 2.25. The summed E-state index contributed by atoms with van der Waals surface area (Å²) >= 11 is 1.13. The molecule has 2 aromatic rings. The molecule has 0 unspecified atom stereocenters. The van der Waals surface area contributed by atoms with Crippen LogP contribution in [0.2, 0.25) is 0 Å². The second kappa shape index (κ2) is 4.24. The van der Waals surface area contributed by atoms with Gasteiger partial charge in [0.2, 0.25) is 0 Å². The van der Waals surface area contributed by atoms with E-state index in [1.165, 1.54) is 18.4 Å². The zero-order valence-corrected chi connectivity index (χ0v) is 9.72. The van der Waals surface area contributed by atoms with E-state index in [0.29, 0.717) is 6.54 Å². The normalized spacial score (nSPS) is 11.6. The lowest BCUT2D eigenvalue weighted by molar-refractivity contribution is 0.423. The summed E-state index contributed by atoms with van der Waals surface area (Å²) in [7, 11) is -3.58. The molecule has 0 saturated heterocycles.